The second-order valence-corrected chi connectivity index (χ2v) is 4.77. The van der Waals surface area contributed by atoms with Crippen LogP contribution in [0.1, 0.15) is 16.8 Å². The number of pyridine rings is 1. The van der Waals surface area contributed by atoms with Crippen LogP contribution in [0.15, 0.2) is 23.1 Å². The highest BCUT2D eigenvalue weighted by Gasteiger charge is 2.35. The van der Waals surface area contributed by atoms with Gasteiger partial charge in [-0.3, -0.25) is 19.2 Å². The molecule has 0 saturated carbocycles. The van der Waals surface area contributed by atoms with Gasteiger partial charge in [-0.15, -0.1) is 0 Å². The number of amides is 2. The quantitative estimate of drug-likeness (QED) is 0.727. The van der Waals surface area contributed by atoms with E-state index in [0.717, 1.165) is 0 Å². The van der Waals surface area contributed by atoms with Crippen molar-refractivity contribution in [2.24, 2.45) is 7.05 Å². The van der Waals surface area contributed by atoms with Gasteiger partial charge in [0.15, 0.2) is 0 Å². The normalized spacial score (nSPS) is 18.2. The first-order valence-corrected chi connectivity index (χ1v) is 6.37. The van der Waals surface area contributed by atoms with Crippen molar-refractivity contribution in [3.63, 3.8) is 0 Å². The minimum atomic E-state index is -1.17. The van der Waals surface area contributed by atoms with E-state index in [-0.39, 0.29) is 24.2 Å². The lowest BCUT2D eigenvalue weighted by atomic mass is 10.1. The summed E-state index contributed by atoms with van der Waals surface area (Å²) < 4.78 is 1.31. The monoisotopic (exact) mass is 293 g/mol. The molecule has 0 aliphatic carbocycles. The number of carboxylic acid groups (broad SMARTS) is 1. The molecular weight excluding hydrogens is 278 g/mol. The number of nitrogens with zero attached hydrogens (tertiary/aromatic N) is 2. The van der Waals surface area contributed by atoms with E-state index in [9.17, 15) is 19.2 Å². The maximum absolute atomic E-state index is 12.4. The molecule has 2 amide bonds. The Balaban J connectivity index is 2.30. The number of aliphatic carboxylic acids is 1. The molecule has 1 aromatic rings. The summed E-state index contributed by atoms with van der Waals surface area (Å²) >= 11 is 0. The first-order valence-electron chi connectivity index (χ1n) is 6.37. The largest absolute Gasteiger partial charge is 0.481 e. The number of nitrogens with one attached hydrogen (secondary N) is 1. The third-order valence-corrected chi connectivity index (χ3v) is 3.31. The van der Waals surface area contributed by atoms with Crippen LogP contribution in [0.4, 0.5) is 0 Å². The third-order valence-electron chi connectivity index (χ3n) is 3.31. The van der Waals surface area contributed by atoms with Crippen molar-refractivity contribution in [1.29, 1.82) is 0 Å². The third kappa shape index (κ3) is 3.10. The van der Waals surface area contributed by atoms with Crippen molar-refractivity contribution in [2.75, 3.05) is 13.1 Å². The van der Waals surface area contributed by atoms with Gasteiger partial charge < -0.3 is 19.9 Å². The fourth-order valence-corrected chi connectivity index (χ4v) is 2.17. The molecular formula is C13H15N3O5. The average Bonchev–Trinajstić information content (AvgIpc) is 2.43. The van der Waals surface area contributed by atoms with Gasteiger partial charge in [0.05, 0.1) is 6.42 Å². The molecule has 21 heavy (non-hydrogen) atoms. The molecule has 1 saturated heterocycles. The minimum absolute atomic E-state index is 0.142. The van der Waals surface area contributed by atoms with E-state index in [4.69, 9.17) is 5.11 Å². The van der Waals surface area contributed by atoms with Gasteiger partial charge in [0.25, 0.3) is 11.5 Å². The Morgan fingerprint density at radius 3 is 2.76 bits per heavy atom. The number of aromatic nitrogens is 1. The van der Waals surface area contributed by atoms with Crippen molar-refractivity contribution in [1.82, 2.24) is 14.8 Å². The van der Waals surface area contributed by atoms with Crippen LogP contribution in [0.2, 0.25) is 0 Å². The van der Waals surface area contributed by atoms with Crippen molar-refractivity contribution in [3.05, 3.63) is 34.2 Å². The Morgan fingerprint density at radius 1 is 1.43 bits per heavy atom. The van der Waals surface area contributed by atoms with Crippen molar-refractivity contribution >= 4 is 17.8 Å². The smallest absolute Gasteiger partial charge is 0.305 e. The molecule has 2 rings (SSSR count). The van der Waals surface area contributed by atoms with Crippen LogP contribution >= 0.6 is 0 Å². The molecule has 0 aromatic carbocycles. The molecule has 1 aromatic heterocycles. The highest BCUT2D eigenvalue weighted by Crippen LogP contribution is 2.13. The van der Waals surface area contributed by atoms with Gasteiger partial charge in [0, 0.05) is 38.0 Å². The molecule has 1 unspecified atom stereocenters. The second-order valence-electron chi connectivity index (χ2n) is 4.77. The van der Waals surface area contributed by atoms with Gasteiger partial charge in [-0.05, 0) is 6.07 Å². The van der Waals surface area contributed by atoms with Crippen LogP contribution in [0.3, 0.4) is 0 Å². The highest BCUT2D eigenvalue weighted by molar-refractivity contribution is 5.99. The average molecular weight is 293 g/mol. The lowest BCUT2D eigenvalue weighted by Gasteiger charge is -2.34. The summed E-state index contributed by atoms with van der Waals surface area (Å²) in [5, 5.41) is 11.4. The van der Waals surface area contributed by atoms with Crippen LogP contribution in [-0.2, 0) is 16.6 Å². The summed E-state index contributed by atoms with van der Waals surface area (Å²) in [6, 6.07) is 1.58. The van der Waals surface area contributed by atoms with E-state index in [2.05, 4.69) is 5.32 Å². The second kappa shape index (κ2) is 5.78. The topological polar surface area (TPSA) is 109 Å². The predicted molar refractivity (Wildman–Crippen MR) is 71.8 cm³/mol. The number of hydrogen-bond donors (Lipinski definition) is 2. The molecule has 1 aliphatic heterocycles. The summed E-state index contributed by atoms with van der Waals surface area (Å²) in [6.07, 6.45) is 0.980. The van der Waals surface area contributed by atoms with Crippen LogP contribution in [0, 0.1) is 0 Å². The number of aryl methyl sites for hydroxylation is 1. The number of rotatable bonds is 3. The summed E-state index contributed by atoms with van der Waals surface area (Å²) in [5.41, 5.74) is -0.208. The SMILES string of the molecule is Cn1ccc(C(=O)N2CCNC(=O)C2CC(=O)O)cc1=O. The van der Waals surface area contributed by atoms with Gasteiger partial charge in [-0.1, -0.05) is 0 Å². The van der Waals surface area contributed by atoms with Crippen molar-refractivity contribution in [2.45, 2.75) is 12.5 Å². The van der Waals surface area contributed by atoms with E-state index < -0.39 is 30.2 Å². The van der Waals surface area contributed by atoms with E-state index in [1.807, 2.05) is 0 Å². The van der Waals surface area contributed by atoms with Crippen molar-refractivity contribution < 1.29 is 19.5 Å². The zero-order valence-corrected chi connectivity index (χ0v) is 11.4. The maximum Gasteiger partial charge on any atom is 0.305 e. The summed E-state index contributed by atoms with van der Waals surface area (Å²) in [5.74, 6) is -2.19. The highest BCUT2D eigenvalue weighted by atomic mass is 16.4. The predicted octanol–water partition coefficient (Wildman–Crippen LogP) is -1.20. The summed E-state index contributed by atoms with van der Waals surface area (Å²) in [4.78, 5) is 47.8. The van der Waals surface area contributed by atoms with E-state index >= 15 is 0 Å². The van der Waals surface area contributed by atoms with Gasteiger partial charge in [0.2, 0.25) is 5.91 Å². The Kier molecular flexibility index (Phi) is 4.06. The molecule has 112 valence electrons. The first kappa shape index (κ1) is 14.8. The van der Waals surface area contributed by atoms with Gasteiger partial charge in [0.1, 0.15) is 6.04 Å². The molecule has 8 nitrogen and oxygen atoms in total. The molecule has 0 radical (unpaired) electrons. The Labute approximate surface area is 120 Å². The fraction of sp³-hybridized carbons (Fsp3) is 0.385. The lowest BCUT2D eigenvalue weighted by Crippen LogP contribution is -2.57. The van der Waals surface area contributed by atoms with Gasteiger partial charge in [-0.25, -0.2) is 0 Å². The number of carbonyl (C=O) groups is 3. The Bertz CT molecular complexity index is 651. The number of piperazine rings is 1. The van der Waals surface area contributed by atoms with Gasteiger partial charge in [-0.2, -0.15) is 0 Å². The Hall–Kier alpha value is -2.64. The van der Waals surface area contributed by atoms with Crippen LogP contribution in [0.5, 0.6) is 0 Å². The Morgan fingerprint density at radius 2 is 2.14 bits per heavy atom. The maximum atomic E-state index is 12.4. The van der Waals surface area contributed by atoms with Crippen molar-refractivity contribution in [3.8, 4) is 0 Å². The van der Waals surface area contributed by atoms with Crippen LogP contribution < -0.4 is 10.9 Å². The number of carbonyl (C=O) groups excluding carboxylic acids is 2. The molecule has 1 atom stereocenters. The molecule has 1 aliphatic rings. The van der Waals surface area contributed by atoms with E-state index in [0.29, 0.717) is 0 Å². The van der Waals surface area contributed by atoms with Crippen LogP contribution in [0.25, 0.3) is 0 Å². The number of hydrogen-bond acceptors (Lipinski definition) is 4. The zero-order valence-electron chi connectivity index (χ0n) is 11.4. The summed E-state index contributed by atoms with van der Waals surface area (Å²) in [7, 11) is 1.55. The molecule has 0 spiro atoms. The summed E-state index contributed by atoms with van der Waals surface area (Å²) in [6.45, 7) is 0.462. The molecule has 2 heterocycles. The molecule has 8 heteroatoms. The van der Waals surface area contributed by atoms with E-state index in [1.54, 1.807) is 7.05 Å². The standard InChI is InChI=1S/C13H15N3O5/c1-15-4-2-8(6-10(15)17)13(21)16-5-3-14-12(20)9(16)7-11(18)19/h2,4,6,9H,3,5,7H2,1H3,(H,14,20)(H,18,19). The first-order chi connectivity index (χ1) is 9.90. The molecule has 1 fully saturated rings. The van der Waals surface area contributed by atoms with E-state index in [1.165, 1.54) is 27.8 Å². The number of carboxylic acids is 1. The van der Waals surface area contributed by atoms with Gasteiger partial charge >= 0.3 is 5.97 Å². The minimum Gasteiger partial charge on any atom is -0.481 e. The fourth-order valence-electron chi connectivity index (χ4n) is 2.17. The zero-order chi connectivity index (χ0) is 15.6. The lowest BCUT2D eigenvalue weighted by molar-refractivity contribution is -0.142. The van der Waals surface area contributed by atoms with Crippen LogP contribution in [-0.4, -0.2) is 51.5 Å². The molecule has 2 N–H and O–H groups in total. The molecule has 0 bridgehead atoms.